The average molecular weight is 929 g/mol. The third kappa shape index (κ3) is 12.5. The number of nitrogens with zero attached hydrogens (tertiary/aromatic N) is 7. The second kappa shape index (κ2) is 20.2. The van der Waals surface area contributed by atoms with Crippen LogP contribution in [0.5, 0.6) is 0 Å². The van der Waals surface area contributed by atoms with Crippen LogP contribution in [0.3, 0.4) is 0 Å². The van der Waals surface area contributed by atoms with Crippen LogP contribution in [0.2, 0.25) is 0 Å². The number of piperazine rings is 2. The van der Waals surface area contributed by atoms with Crippen molar-refractivity contribution >= 4 is 29.4 Å². The second-order valence-corrected chi connectivity index (χ2v) is 23.4. The molecule has 14 nitrogen and oxygen atoms in total. The number of aliphatic carboxylic acids is 1. The molecule has 8 rings (SSSR count). The smallest absolute Gasteiger partial charge is 0.410 e. The highest BCUT2D eigenvalue weighted by Gasteiger charge is 2.46. The molecule has 0 aliphatic carbocycles. The third-order valence-electron chi connectivity index (χ3n) is 15.7. The van der Waals surface area contributed by atoms with E-state index in [1.165, 1.54) is 46.5 Å². The Balaban J connectivity index is 0.000000209. The number of benzene rings is 2. The summed E-state index contributed by atoms with van der Waals surface area (Å²) in [7, 11) is 4.48. The van der Waals surface area contributed by atoms with E-state index in [1.54, 1.807) is 0 Å². The largest absolute Gasteiger partial charge is 0.480 e. The number of anilines is 2. The number of likely N-dealkylation sites (tertiary alicyclic amines) is 3. The Morgan fingerprint density at radius 2 is 1.12 bits per heavy atom. The number of ether oxygens (including phenoxy) is 2. The summed E-state index contributed by atoms with van der Waals surface area (Å²) in [4.78, 5) is 52.5. The number of rotatable bonds is 12. The Bertz CT molecular complexity index is 2070. The van der Waals surface area contributed by atoms with Gasteiger partial charge >= 0.3 is 18.0 Å². The molecule has 1 amide bonds. The van der Waals surface area contributed by atoms with Gasteiger partial charge in [0.2, 0.25) is 0 Å². The molecule has 0 radical (unpaired) electrons. The molecular weight excluding hydrogens is 845 g/mol. The number of carboxylic acid groups (broad SMARTS) is 1. The summed E-state index contributed by atoms with van der Waals surface area (Å²) in [5, 5.41) is 12.6. The molecule has 2 aromatic rings. The highest BCUT2D eigenvalue weighted by Crippen LogP contribution is 2.40. The SMILES string of the molecule is Cc1ccc(CN(C)C2(C)CCN(C(=O)OC(C)(C)C)CC2)c(N2CC3CC2CN3CC(=O)OC(C)(C)C)c1.Cc1ccc(CN(C)C2(C)CCNCC2)c(N2CC3CC2CN3CC(=O)O)c1. The van der Waals surface area contributed by atoms with Gasteiger partial charge in [-0.15, -0.1) is 0 Å². The van der Waals surface area contributed by atoms with Crippen molar-refractivity contribution in [2.75, 3.05) is 89.3 Å². The molecule has 372 valence electrons. The normalized spacial score (nSPS) is 24.9. The number of hydrogen-bond acceptors (Lipinski definition) is 12. The lowest BCUT2D eigenvalue weighted by atomic mass is 9.87. The van der Waals surface area contributed by atoms with Crippen LogP contribution in [-0.4, -0.2) is 174 Å². The number of carbonyl (C=O) groups excluding carboxylic acids is 2. The van der Waals surface area contributed by atoms with Crippen molar-refractivity contribution in [3.8, 4) is 0 Å². The number of carbonyl (C=O) groups is 3. The number of piperidine rings is 2. The molecule has 6 heterocycles. The first-order valence-corrected chi connectivity index (χ1v) is 25.1. The molecular formula is C53H84N8O6. The minimum Gasteiger partial charge on any atom is -0.480 e. The molecule has 6 aliphatic heterocycles. The quantitative estimate of drug-likeness (QED) is 0.219. The zero-order valence-electron chi connectivity index (χ0n) is 43.1. The summed E-state index contributed by atoms with van der Waals surface area (Å²) in [5.41, 5.74) is 7.29. The monoisotopic (exact) mass is 929 g/mol. The maximum atomic E-state index is 12.6. The van der Waals surface area contributed by atoms with E-state index in [0.29, 0.717) is 43.8 Å². The Morgan fingerprint density at radius 1 is 0.672 bits per heavy atom. The zero-order chi connectivity index (χ0) is 48.6. The van der Waals surface area contributed by atoms with Crippen molar-refractivity contribution in [1.82, 2.24) is 29.8 Å². The summed E-state index contributed by atoms with van der Waals surface area (Å²) < 4.78 is 11.2. The molecule has 6 fully saturated rings. The Hall–Kier alpha value is -3.95. The van der Waals surface area contributed by atoms with Crippen molar-refractivity contribution in [1.29, 1.82) is 0 Å². The maximum Gasteiger partial charge on any atom is 0.410 e. The van der Waals surface area contributed by atoms with Crippen LogP contribution in [0.4, 0.5) is 16.2 Å². The first-order chi connectivity index (χ1) is 31.4. The summed E-state index contributed by atoms with van der Waals surface area (Å²) in [6.07, 6.45) is 6.16. The van der Waals surface area contributed by atoms with Crippen molar-refractivity contribution in [2.45, 2.75) is 167 Å². The van der Waals surface area contributed by atoms with E-state index in [1.807, 2.05) is 46.4 Å². The zero-order valence-corrected chi connectivity index (χ0v) is 43.1. The molecule has 14 heteroatoms. The first kappa shape index (κ1) is 50.9. The summed E-state index contributed by atoms with van der Waals surface area (Å²) in [6.45, 7) is 30.1. The highest BCUT2D eigenvalue weighted by atomic mass is 16.6. The Kier molecular flexibility index (Phi) is 15.3. The number of nitrogens with one attached hydrogen (secondary N) is 1. The van der Waals surface area contributed by atoms with Gasteiger partial charge < -0.3 is 34.6 Å². The predicted molar refractivity (Wildman–Crippen MR) is 267 cm³/mol. The van der Waals surface area contributed by atoms with Crippen LogP contribution in [0, 0.1) is 13.8 Å². The van der Waals surface area contributed by atoms with Crippen LogP contribution >= 0.6 is 0 Å². The molecule has 2 aromatic carbocycles. The molecule has 4 atom stereocenters. The summed E-state index contributed by atoms with van der Waals surface area (Å²) >= 11 is 0. The first-order valence-electron chi connectivity index (χ1n) is 25.1. The Labute approximate surface area is 402 Å². The van der Waals surface area contributed by atoms with Gasteiger partial charge in [0, 0.05) is 99.0 Å². The Morgan fingerprint density at radius 3 is 1.54 bits per heavy atom. The number of fused-ring (bicyclic) bond motifs is 4. The topological polar surface area (TPSA) is 125 Å². The van der Waals surface area contributed by atoms with Crippen LogP contribution in [0.1, 0.15) is 116 Å². The lowest BCUT2D eigenvalue weighted by molar-refractivity contribution is -0.156. The van der Waals surface area contributed by atoms with E-state index in [0.717, 1.165) is 78.0 Å². The molecule has 0 spiro atoms. The van der Waals surface area contributed by atoms with Gasteiger partial charge in [0.1, 0.15) is 11.2 Å². The van der Waals surface area contributed by atoms with Crippen molar-refractivity contribution in [3.63, 3.8) is 0 Å². The average Bonchev–Trinajstić information content (AvgIpc) is 4.03. The van der Waals surface area contributed by atoms with Gasteiger partial charge in [-0.3, -0.25) is 29.2 Å². The standard InChI is InChI=1S/C31H50N4O4.C22H34N4O2/c1-22-10-11-23(18-32(9)31(8)12-14-33(15-13-31)28(37)39-30(5,6)7)26(16-22)35-20-24-17-25(35)19-34(24)21-27(36)38-29(2,3)4;1-16-4-5-17(12-24(3)22(2)6-8-23-9-7-22)20(10-16)26-14-18-11-19(26)13-25(18)15-21(27)28/h10-11,16,24-25H,12-15,17-21H2,1-9H3;4-5,10,18-19,23H,6-9,11-15H2,1-3H3,(H,27,28). The van der Waals surface area contributed by atoms with Crippen LogP contribution < -0.4 is 15.1 Å². The molecule has 4 bridgehead atoms. The van der Waals surface area contributed by atoms with Crippen molar-refractivity contribution < 1.29 is 29.0 Å². The third-order valence-corrected chi connectivity index (χ3v) is 15.7. The summed E-state index contributed by atoms with van der Waals surface area (Å²) in [6, 6.07) is 15.3. The molecule has 0 saturated carbocycles. The van der Waals surface area contributed by atoms with Crippen LogP contribution in [0.15, 0.2) is 36.4 Å². The van der Waals surface area contributed by atoms with Gasteiger partial charge in [-0.1, -0.05) is 24.3 Å². The van der Waals surface area contributed by atoms with E-state index in [2.05, 4.69) is 113 Å². The second-order valence-electron chi connectivity index (χ2n) is 23.4. The predicted octanol–water partition coefficient (Wildman–Crippen LogP) is 6.74. The number of hydrogen-bond donors (Lipinski definition) is 2. The minimum absolute atomic E-state index is 0.00883. The van der Waals surface area contributed by atoms with Gasteiger partial charge in [-0.2, -0.15) is 0 Å². The number of amides is 1. The van der Waals surface area contributed by atoms with Crippen molar-refractivity contribution in [2.24, 2.45) is 0 Å². The van der Waals surface area contributed by atoms with E-state index >= 15 is 0 Å². The van der Waals surface area contributed by atoms with E-state index in [-0.39, 0.29) is 29.7 Å². The molecule has 67 heavy (non-hydrogen) atoms. The highest BCUT2D eigenvalue weighted by molar-refractivity contribution is 5.72. The number of esters is 1. The number of aryl methyl sites for hydroxylation is 2. The molecule has 4 unspecified atom stereocenters. The van der Waals surface area contributed by atoms with Gasteiger partial charge in [-0.25, -0.2) is 4.79 Å². The molecule has 6 saturated heterocycles. The van der Waals surface area contributed by atoms with E-state index in [4.69, 9.17) is 14.6 Å². The van der Waals surface area contributed by atoms with E-state index in [9.17, 15) is 14.4 Å². The van der Waals surface area contributed by atoms with Gasteiger partial charge in [0.05, 0.1) is 13.1 Å². The fraction of sp³-hybridized carbons (Fsp3) is 0.717. The van der Waals surface area contributed by atoms with E-state index < -0.39 is 17.2 Å². The van der Waals surface area contributed by atoms with Gasteiger partial charge in [0.15, 0.2) is 0 Å². The lowest BCUT2D eigenvalue weighted by Gasteiger charge is -2.45. The molecule has 6 aliphatic rings. The summed E-state index contributed by atoms with van der Waals surface area (Å²) in [5.74, 6) is -0.849. The van der Waals surface area contributed by atoms with Crippen LogP contribution in [-0.2, 0) is 32.2 Å². The molecule has 2 N–H and O–H groups in total. The van der Waals surface area contributed by atoms with Gasteiger partial charge in [-0.05, 0) is 169 Å². The lowest BCUT2D eigenvalue weighted by Crippen LogP contribution is -2.53. The molecule has 0 aromatic heterocycles. The maximum absolute atomic E-state index is 12.6. The number of carboxylic acids is 1. The van der Waals surface area contributed by atoms with Crippen LogP contribution in [0.25, 0.3) is 0 Å². The minimum atomic E-state index is -0.716. The fourth-order valence-electron chi connectivity index (χ4n) is 11.5. The van der Waals surface area contributed by atoms with Crippen molar-refractivity contribution in [3.05, 3.63) is 58.7 Å². The fourth-order valence-corrected chi connectivity index (χ4v) is 11.5. The van der Waals surface area contributed by atoms with Gasteiger partial charge in [0.25, 0.3) is 0 Å².